The minimum Gasteiger partial charge on any atom is -0.468 e. The maximum absolute atomic E-state index is 13.1. The van der Waals surface area contributed by atoms with Crippen molar-refractivity contribution >= 4 is 51.9 Å². The van der Waals surface area contributed by atoms with E-state index in [1.807, 2.05) is 71.4 Å². The van der Waals surface area contributed by atoms with Gasteiger partial charge in [0.15, 0.2) is 5.11 Å². The summed E-state index contributed by atoms with van der Waals surface area (Å²) in [6, 6.07) is 17.1. The Balaban J connectivity index is 1.78. The highest BCUT2D eigenvalue weighted by atomic mass is 32.1. The Kier molecular flexibility index (Phi) is 4.90. The van der Waals surface area contributed by atoms with Crippen molar-refractivity contribution in [3.05, 3.63) is 72.1 Å². The molecule has 0 saturated carbocycles. The molecular weight excluding hydrogens is 386 g/mol. The summed E-state index contributed by atoms with van der Waals surface area (Å²) in [5, 5.41) is 1.36. The second-order valence-corrected chi connectivity index (χ2v) is 7.02. The van der Waals surface area contributed by atoms with Gasteiger partial charge in [0.05, 0.1) is 12.8 Å². The minimum absolute atomic E-state index is 0.0958. The Morgan fingerprint density at radius 1 is 1.10 bits per heavy atom. The smallest absolute Gasteiger partial charge is 0.325 e. The number of anilines is 1. The molecule has 1 aromatic heterocycles. The number of carbonyl (C=O) groups excluding carboxylic acids is 2. The molecule has 3 aromatic rings. The van der Waals surface area contributed by atoms with E-state index in [1.165, 1.54) is 12.0 Å². The number of rotatable bonds is 4. The van der Waals surface area contributed by atoms with Crippen molar-refractivity contribution in [2.75, 3.05) is 19.1 Å². The van der Waals surface area contributed by atoms with E-state index in [2.05, 4.69) is 0 Å². The average molecular weight is 405 g/mol. The lowest BCUT2D eigenvalue weighted by Gasteiger charge is -2.16. The number of esters is 1. The van der Waals surface area contributed by atoms with E-state index in [0.29, 0.717) is 10.8 Å². The highest BCUT2D eigenvalue weighted by Crippen LogP contribution is 2.30. The van der Waals surface area contributed by atoms with Crippen LogP contribution in [0.1, 0.15) is 5.56 Å². The molecule has 0 N–H and O–H groups in total. The first-order chi connectivity index (χ1) is 14.0. The zero-order valence-electron chi connectivity index (χ0n) is 16.0. The van der Waals surface area contributed by atoms with E-state index in [0.717, 1.165) is 22.2 Å². The second kappa shape index (κ2) is 7.52. The molecule has 1 aliphatic heterocycles. The maximum Gasteiger partial charge on any atom is 0.325 e. The standard InChI is InChI=1S/C22H19N3O3S/c1-23-19(21(27)25(22(23)29)16-8-4-3-5-9-16)12-15-13-24(14-20(26)28-2)18-11-7-6-10-17(15)18/h3-13H,14H2,1-2H3/b19-12-. The van der Waals surface area contributed by atoms with E-state index in [1.54, 1.807) is 11.9 Å². The molecule has 1 amide bonds. The van der Waals surface area contributed by atoms with Crippen LogP contribution in [0.25, 0.3) is 17.0 Å². The van der Waals surface area contributed by atoms with Crippen LogP contribution in [0.15, 0.2) is 66.5 Å². The summed E-state index contributed by atoms with van der Waals surface area (Å²) >= 11 is 5.51. The molecule has 6 nitrogen and oxygen atoms in total. The van der Waals surface area contributed by atoms with Crippen LogP contribution >= 0.6 is 12.2 Å². The van der Waals surface area contributed by atoms with Crippen molar-refractivity contribution < 1.29 is 14.3 Å². The molecule has 1 saturated heterocycles. The van der Waals surface area contributed by atoms with Gasteiger partial charge in [-0.25, -0.2) is 0 Å². The number of likely N-dealkylation sites (N-methyl/N-ethyl adjacent to an activating group) is 1. The predicted octanol–water partition coefficient (Wildman–Crippen LogP) is 3.42. The summed E-state index contributed by atoms with van der Waals surface area (Å²) < 4.78 is 6.62. The van der Waals surface area contributed by atoms with Gasteiger partial charge in [0.1, 0.15) is 12.2 Å². The SMILES string of the molecule is COC(=O)Cn1cc(/C=C2/C(=O)N(c3ccccc3)C(=S)N2C)c2ccccc21. The molecule has 0 aliphatic carbocycles. The van der Waals surface area contributed by atoms with Crippen molar-refractivity contribution in [2.45, 2.75) is 6.54 Å². The summed E-state index contributed by atoms with van der Waals surface area (Å²) in [6.07, 6.45) is 3.66. The number of thiocarbonyl (C=S) groups is 1. The number of ether oxygens (including phenoxy) is 1. The lowest BCUT2D eigenvalue weighted by molar-refractivity contribution is -0.141. The number of benzene rings is 2. The highest BCUT2D eigenvalue weighted by molar-refractivity contribution is 7.80. The molecule has 0 bridgehead atoms. The predicted molar refractivity (Wildman–Crippen MR) is 116 cm³/mol. The third kappa shape index (κ3) is 3.30. The molecule has 0 atom stereocenters. The van der Waals surface area contributed by atoms with Gasteiger partial charge in [0.25, 0.3) is 5.91 Å². The lowest BCUT2D eigenvalue weighted by atomic mass is 10.1. The van der Waals surface area contributed by atoms with E-state index in [-0.39, 0.29) is 18.4 Å². The van der Waals surface area contributed by atoms with Crippen molar-refractivity contribution in [1.29, 1.82) is 0 Å². The molecule has 1 fully saturated rings. The summed E-state index contributed by atoms with van der Waals surface area (Å²) in [4.78, 5) is 28.2. The number of amides is 1. The third-order valence-corrected chi connectivity index (χ3v) is 5.37. The molecule has 4 rings (SSSR count). The number of fused-ring (bicyclic) bond motifs is 1. The minimum atomic E-state index is -0.338. The molecule has 0 unspecified atom stereocenters. The zero-order valence-corrected chi connectivity index (χ0v) is 16.8. The number of hydrogen-bond donors (Lipinski definition) is 0. The molecule has 1 aliphatic rings. The second-order valence-electron chi connectivity index (χ2n) is 6.65. The maximum atomic E-state index is 13.1. The van der Waals surface area contributed by atoms with E-state index in [4.69, 9.17) is 17.0 Å². The summed E-state index contributed by atoms with van der Waals surface area (Å²) in [5.41, 5.74) is 2.92. The number of methoxy groups -OCH3 is 1. The average Bonchev–Trinajstić information content (AvgIpc) is 3.19. The highest BCUT2D eigenvalue weighted by Gasteiger charge is 2.36. The number of para-hydroxylation sites is 2. The normalized spacial score (nSPS) is 15.6. The van der Waals surface area contributed by atoms with Crippen LogP contribution < -0.4 is 4.90 Å². The number of carbonyl (C=O) groups is 2. The van der Waals surface area contributed by atoms with Crippen molar-refractivity contribution in [3.63, 3.8) is 0 Å². The fourth-order valence-corrected chi connectivity index (χ4v) is 3.72. The molecule has 0 spiro atoms. The van der Waals surface area contributed by atoms with Gasteiger partial charge in [-0.05, 0) is 36.5 Å². The number of aromatic nitrogens is 1. The Labute approximate surface area is 173 Å². The lowest BCUT2D eigenvalue weighted by Crippen LogP contribution is -2.30. The van der Waals surface area contributed by atoms with Crippen molar-refractivity contribution in [1.82, 2.24) is 9.47 Å². The van der Waals surface area contributed by atoms with Gasteiger partial charge in [0, 0.05) is 29.7 Å². The van der Waals surface area contributed by atoms with E-state index < -0.39 is 0 Å². The van der Waals surface area contributed by atoms with Gasteiger partial charge in [-0.15, -0.1) is 0 Å². The van der Waals surface area contributed by atoms with Gasteiger partial charge >= 0.3 is 5.97 Å². The molecule has 7 heteroatoms. The first-order valence-corrected chi connectivity index (χ1v) is 9.45. The molecule has 0 radical (unpaired) electrons. The van der Waals surface area contributed by atoms with Gasteiger partial charge in [-0.3, -0.25) is 14.5 Å². The Morgan fingerprint density at radius 2 is 1.79 bits per heavy atom. The Hall–Kier alpha value is -3.45. The van der Waals surface area contributed by atoms with Crippen LogP contribution in [0.2, 0.25) is 0 Å². The van der Waals surface area contributed by atoms with Gasteiger partial charge in [-0.2, -0.15) is 0 Å². The third-order valence-electron chi connectivity index (χ3n) is 4.91. The molecule has 2 heterocycles. The largest absolute Gasteiger partial charge is 0.468 e. The van der Waals surface area contributed by atoms with Crippen LogP contribution in [0, 0.1) is 0 Å². The van der Waals surface area contributed by atoms with Gasteiger partial charge in [0.2, 0.25) is 0 Å². The molecule has 29 heavy (non-hydrogen) atoms. The summed E-state index contributed by atoms with van der Waals surface area (Å²) in [7, 11) is 3.14. The van der Waals surface area contributed by atoms with Crippen molar-refractivity contribution in [3.8, 4) is 0 Å². The Bertz CT molecular complexity index is 1150. The van der Waals surface area contributed by atoms with E-state index >= 15 is 0 Å². The fraction of sp³-hybridized carbons (Fsp3) is 0.136. The van der Waals surface area contributed by atoms with Crippen LogP contribution in [0.4, 0.5) is 5.69 Å². The number of hydrogen-bond acceptors (Lipinski definition) is 4. The quantitative estimate of drug-likeness (QED) is 0.378. The van der Waals surface area contributed by atoms with Crippen LogP contribution in [0.3, 0.4) is 0 Å². The zero-order chi connectivity index (χ0) is 20.5. The van der Waals surface area contributed by atoms with Gasteiger partial charge in [-0.1, -0.05) is 36.4 Å². The monoisotopic (exact) mass is 405 g/mol. The molecular formula is C22H19N3O3S. The van der Waals surface area contributed by atoms with Gasteiger partial charge < -0.3 is 14.2 Å². The first kappa shape index (κ1) is 18.9. The summed E-state index contributed by atoms with van der Waals surface area (Å²) in [5.74, 6) is -0.524. The first-order valence-electron chi connectivity index (χ1n) is 9.05. The fourth-order valence-electron chi connectivity index (χ4n) is 3.43. The van der Waals surface area contributed by atoms with Crippen LogP contribution in [-0.4, -0.2) is 40.6 Å². The number of nitrogens with zero attached hydrogens (tertiary/aromatic N) is 3. The molecule has 2 aromatic carbocycles. The topological polar surface area (TPSA) is 54.8 Å². The van der Waals surface area contributed by atoms with Crippen molar-refractivity contribution in [2.24, 2.45) is 0 Å². The van der Waals surface area contributed by atoms with Crippen LogP contribution in [0.5, 0.6) is 0 Å². The molecule has 146 valence electrons. The summed E-state index contributed by atoms with van der Waals surface area (Å²) in [6.45, 7) is 0.0958. The van der Waals surface area contributed by atoms with Crippen LogP contribution in [-0.2, 0) is 20.9 Å². The van der Waals surface area contributed by atoms with E-state index in [9.17, 15) is 9.59 Å². The Morgan fingerprint density at radius 3 is 2.52 bits per heavy atom.